The predicted octanol–water partition coefficient (Wildman–Crippen LogP) is 7.88. The van der Waals surface area contributed by atoms with Gasteiger partial charge in [0.05, 0.1) is 22.1 Å². The van der Waals surface area contributed by atoms with Crippen molar-refractivity contribution in [3.63, 3.8) is 0 Å². The number of para-hydroxylation sites is 1. The molecule has 0 aliphatic heterocycles. The van der Waals surface area contributed by atoms with Crippen molar-refractivity contribution in [1.82, 2.24) is 0 Å². The van der Waals surface area contributed by atoms with Crippen molar-refractivity contribution in [2.75, 3.05) is 6.61 Å². The van der Waals surface area contributed by atoms with Gasteiger partial charge in [-0.15, -0.1) is 0 Å². The van der Waals surface area contributed by atoms with Gasteiger partial charge in [0.1, 0.15) is 5.75 Å². The van der Waals surface area contributed by atoms with E-state index in [0.29, 0.717) is 19.1 Å². The summed E-state index contributed by atoms with van der Waals surface area (Å²) in [5.41, 5.74) is 3.49. The Balaban J connectivity index is 2.19. The zero-order chi connectivity index (χ0) is 23.8. The van der Waals surface area contributed by atoms with Gasteiger partial charge in [0.2, 0.25) is 0 Å². The third kappa shape index (κ3) is 8.96. The molecule has 0 aliphatic carbocycles. The van der Waals surface area contributed by atoms with E-state index in [1.54, 1.807) is 0 Å². The molecule has 2 rings (SSSR count). The number of ether oxygens (including phenoxy) is 1. The molecule has 0 saturated heterocycles. The molecular weight excluding hydrogens is 483 g/mol. The summed E-state index contributed by atoms with van der Waals surface area (Å²) in [6.45, 7) is 2.73. The first-order chi connectivity index (χ1) is 16.2. The molecule has 0 N–H and O–H groups in total. The number of nitrogens with zero attached hydrogens (tertiary/aromatic N) is 3. The van der Waals surface area contributed by atoms with E-state index in [0.717, 1.165) is 29.7 Å². The molecule has 0 amide bonds. The fourth-order valence-corrected chi connectivity index (χ4v) is 6.52. The molecule has 33 heavy (non-hydrogen) atoms. The zero-order valence-corrected chi connectivity index (χ0v) is 22.4. The van der Waals surface area contributed by atoms with Crippen LogP contribution < -0.4 is 4.74 Å². The lowest BCUT2D eigenvalue weighted by atomic mass is 9.98. The van der Waals surface area contributed by atoms with Crippen molar-refractivity contribution < 1.29 is 4.74 Å². The van der Waals surface area contributed by atoms with E-state index in [1.807, 2.05) is 18.2 Å². The lowest BCUT2D eigenvalue weighted by molar-refractivity contribution is 0.314. The van der Waals surface area contributed by atoms with Crippen molar-refractivity contribution in [2.24, 2.45) is 14.0 Å². The maximum atomic E-state index is 6.39. The Labute approximate surface area is 214 Å². The number of hydrogen-bond donors (Lipinski definition) is 0. The minimum atomic E-state index is -2.91. The third-order valence-electron chi connectivity index (χ3n) is 5.31. The molecule has 0 fully saturated rings. The molecule has 8 heteroatoms. The molecule has 0 unspecified atom stereocenters. The van der Waals surface area contributed by atoms with Gasteiger partial charge in [-0.05, 0) is 67.0 Å². The second-order valence-corrected chi connectivity index (χ2v) is 10.9. The summed E-state index contributed by atoms with van der Waals surface area (Å²) in [5.74, 6) is 0.946. The summed E-state index contributed by atoms with van der Waals surface area (Å²) in [6, 6.07) is 17.3. The van der Waals surface area contributed by atoms with Crippen LogP contribution in [0, 0.1) is 0 Å². The highest BCUT2D eigenvalue weighted by Crippen LogP contribution is 2.34. The average Bonchev–Trinajstić information content (AvgIpc) is 2.83. The summed E-state index contributed by atoms with van der Waals surface area (Å²) in [6.07, 6.45) is 7.87. The number of unbranched alkanes of at least 4 members (excludes halogenated alkanes) is 4. The lowest BCUT2D eigenvalue weighted by Crippen LogP contribution is -2.28. The zero-order valence-electron chi connectivity index (χ0n) is 19.0. The molecule has 2 aromatic carbocycles. The minimum Gasteiger partial charge on any atom is -0.493 e. The molecule has 4 nitrogen and oxygen atoms in total. The van der Waals surface area contributed by atoms with Crippen LogP contribution in [0.2, 0.25) is 6.04 Å². The summed E-state index contributed by atoms with van der Waals surface area (Å²) in [4.78, 5) is 0. The van der Waals surface area contributed by atoms with Gasteiger partial charge in [-0.25, -0.2) is 14.0 Å². The summed E-state index contributed by atoms with van der Waals surface area (Å²) in [7, 11) is -2.91. The molecule has 0 aliphatic rings. The first kappa shape index (κ1) is 27.1. The molecule has 0 saturated carbocycles. The largest absolute Gasteiger partial charge is 0.493 e. The first-order valence-corrected chi connectivity index (χ1v) is 14.5. The highest BCUT2D eigenvalue weighted by atomic mass is 32.1. The Morgan fingerprint density at radius 3 is 2.09 bits per heavy atom. The Morgan fingerprint density at radius 2 is 1.45 bits per heavy atom. The van der Waals surface area contributed by atoms with Gasteiger partial charge in [-0.2, -0.15) is 0 Å². The molecule has 0 bridgehead atoms. The predicted molar refractivity (Wildman–Crippen MR) is 150 cm³/mol. The van der Waals surface area contributed by atoms with E-state index >= 15 is 0 Å². The number of aryl methyl sites for hydroxylation is 1. The van der Waals surface area contributed by atoms with Crippen LogP contribution in [0.4, 0.5) is 0 Å². The van der Waals surface area contributed by atoms with E-state index in [4.69, 9.17) is 41.4 Å². The number of benzene rings is 2. The molecule has 0 atom stereocenters. The average molecular weight is 512 g/mol. The van der Waals surface area contributed by atoms with Gasteiger partial charge < -0.3 is 4.74 Å². The molecule has 0 radical (unpaired) electrons. The van der Waals surface area contributed by atoms with E-state index in [2.05, 4.69) is 66.7 Å². The second-order valence-electron chi connectivity index (χ2n) is 7.66. The summed E-state index contributed by atoms with van der Waals surface area (Å²) < 4.78 is 18.9. The maximum Gasteiger partial charge on any atom is 0.461 e. The topological polar surface area (TPSA) is 46.3 Å². The van der Waals surface area contributed by atoms with Gasteiger partial charge >= 0.3 is 8.56 Å². The molecule has 0 spiro atoms. The van der Waals surface area contributed by atoms with Crippen LogP contribution >= 0.6 is 36.7 Å². The van der Waals surface area contributed by atoms with Gasteiger partial charge in [0.25, 0.3) is 0 Å². The van der Waals surface area contributed by atoms with Crippen molar-refractivity contribution in [3.8, 4) is 16.9 Å². The van der Waals surface area contributed by atoms with Crippen LogP contribution in [0.1, 0.15) is 51.0 Å². The quantitative estimate of drug-likeness (QED) is 0.106. The molecule has 0 heterocycles. The highest BCUT2D eigenvalue weighted by Gasteiger charge is 2.34. The third-order valence-corrected chi connectivity index (χ3v) is 8.50. The summed E-state index contributed by atoms with van der Waals surface area (Å²) >= 11 is 14.3. The van der Waals surface area contributed by atoms with Crippen molar-refractivity contribution >= 4 is 60.7 Å². The maximum absolute atomic E-state index is 6.39. The fraction of sp³-hybridized carbons (Fsp3) is 0.400. The minimum absolute atomic E-state index is 0.494. The van der Waals surface area contributed by atoms with Crippen LogP contribution in [0.3, 0.4) is 0 Å². The standard InChI is InChI=1S/C25H29N3OS3Si/c1-2-3-4-5-7-14-23-15-10-16-24(22-12-8-6-9-13-22)25(23)29-17-11-18-33(26-19-30,27-20-31)28-21-32/h6,8-10,12-13,15-16H,2-5,7,11,14,17-18H2,1H3. The monoisotopic (exact) mass is 511 g/mol. The van der Waals surface area contributed by atoms with E-state index in [9.17, 15) is 0 Å². The molecular formula is C25H29N3OS3Si. The summed E-state index contributed by atoms with van der Waals surface area (Å²) in [5, 5.41) is 7.15. The Bertz CT molecular complexity index is 983. The van der Waals surface area contributed by atoms with E-state index < -0.39 is 8.56 Å². The smallest absolute Gasteiger partial charge is 0.461 e. The lowest BCUT2D eigenvalue weighted by Gasteiger charge is -2.18. The van der Waals surface area contributed by atoms with Crippen LogP contribution in [-0.4, -0.2) is 30.6 Å². The Morgan fingerprint density at radius 1 is 0.788 bits per heavy atom. The number of thiocarbonyl (C=S) groups is 3. The molecule has 2 aromatic rings. The van der Waals surface area contributed by atoms with Gasteiger partial charge in [0, 0.05) is 11.6 Å². The van der Waals surface area contributed by atoms with Crippen molar-refractivity contribution in [1.29, 1.82) is 0 Å². The molecule has 0 aromatic heterocycles. The Kier molecular flexibility index (Phi) is 12.9. The highest BCUT2D eigenvalue weighted by molar-refractivity contribution is 7.78. The van der Waals surface area contributed by atoms with Gasteiger partial charge in [-0.3, -0.25) is 0 Å². The van der Waals surface area contributed by atoms with Crippen molar-refractivity contribution in [2.45, 2.75) is 57.9 Å². The number of isothiocyanates is 3. The van der Waals surface area contributed by atoms with Crippen LogP contribution in [0.15, 0.2) is 62.5 Å². The normalized spacial score (nSPS) is 11.9. The SMILES string of the molecule is CCCCCCCc1cccc(-c2ccccc2)c1OCCC[Si](N=C=S)(N=C=S)N=C=S. The van der Waals surface area contributed by atoms with Crippen LogP contribution in [-0.2, 0) is 6.42 Å². The van der Waals surface area contributed by atoms with Gasteiger partial charge in [0.15, 0.2) is 0 Å². The van der Waals surface area contributed by atoms with E-state index in [1.165, 1.54) is 31.2 Å². The van der Waals surface area contributed by atoms with Crippen molar-refractivity contribution in [3.05, 3.63) is 54.1 Å². The van der Waals surface area contributed by atoms with Gasteiger partial charge in [-0.1, -0.05) is 81.1 Å². The first-order valence-electron chi connectivity index (χ1n) is 11.3. The van der Waals surface area contributed by atoms with Crippen LogP contribution in [0.5, 0.6) is 5.75 Å². The van der Waals surface area contributed by atoms with E-state index in [-0.39, 0.29) is 0 Å². The molecule has 172 valence electrons. The van der Waals surface area contributed by atoms with Crippen LogP contribution in [0.25, 0.3) is 11.1 Å². The number of rotatable bonds is 15. The fourth-order valence-electron chi connectivity index (χ4n) is 3.66. The number of hydrogen-bond acceptors (Lipinski definition) is 7. The second kappa shape index (κ2) is 15.7. The Hall–Kier alpha value is -2.14.